The number of amides is 1. The molecule has 2 aromatic rings. The molecule has 1 aromatic heterocycles. The highest BCUT2D eigenvalue weighted by Gasteiger charge is 2.32. The lowest BCUT2D eigenvalue weighted by Gasteiger charge is -2.16. The molecule has 0 bridgehead atoms. The number of rotatable bonds is 5. The minimum absolute atomic E-state index is 0. The molecule has 4 nitrogen and oxygen atoms in total. The molecule has 1 heterocycles. The number of aryl methyl sites for hydroxylation is 2. The lowest BCUT2D eigenvalue weighted by molar-refractivity contribution is 0.0933. The van der Waals surface area contributed by atoms with Gasteiger partial charge in [-0.2, -0.15) is 0 Å². The summed E-state index contributed by atoms with van der Waals surface area (Å²) in [7, 11) is 0. The molecule has 1 aliphatic carbocycles. The molecule has 24 heavy (non-hydrogen) atoms. The number of benzene rings is 1. The van der Waals surface area contributed by atoms with Crippen LogP contribution in [0.1, 0.15) is 40.2 Å². The van der Waals surface area contributed by atoms with E-state index >= 15 is 0 Å². The normalized spacial score (nSPS) is 14.8. The maximum Gasteiger partial charge on any atom is 0.253 e. The smallest absolute Gasteiger partial charge is 0.253 e. The molecule has 0 aliphatic heterocycles. The first-order valence-electron chi connectivity index (χ1n) is 8.28. The van der Waals surface area contributed by atoms with Crippen LogP contribution in [0.3, 0.4) is 0 Å². The minimum atomic E-state index is -0.0145. The SMILES string of the molecule is Cc1cccc(-n2c(C)cc(C(=O)NC(CN)C3CC3)c2C)c1.Cl. The van der Waals surface area contributed by atoms with Crippen LogP contribution in [0.5, 0.6) is 0 Å². The van der Waals surface area contributed by atoms with E-state index in [1.165, 1.54) is 18.4 Å². The lowest BCUT2D eigenvalue weighted by atomic mass is 10.1. The van der Waals surface area contributed by atoms with Gasteiger partial charge in [0.2, 0.25) is 0 Å². The molecule has 5 heteroatoms. The predicted octanol–water partition coefficient (Wildman–Crippen LogP) is 3.29. The zero-order valence-electron chi connectivity index (χ0n) is 14.5. The number of nitrogens with one attached hydrogen (secondary N) is 1. The van der Waals surface area contributed by atoms with E-state index < -0.39 is 0 Å². The molecule has 0 spiro atoms. The van der Waals surface area contributed by atoms with Crippen molar-refractivity contribution < 1.29 is 4.79 Å². The second-order valence-electron chi connectivity index (χ2n) is 6.61. The van der Waals surface area contributed by atoms with E-state index in [0.29, 0.717) is 12.5 Å². The van der Waals surface area contributed by atoms with Crippen LogP contribution in [0.15, 0.2) is 30.3 Å². The third-order valence-corrected chi connectivity index (χ3v) is 4.70. The Hall–Kier alpha value is -1.78. The van der Waals surface area contributed by atoms with Crippen molar-refractivity contribution in [1.29, 1.82) is 0 Å². The van der Waals surface area contributed by atoms with Crippen LogP contribution in [-0.4, -0.2) is 23.1 Å². The van der Waals surface area contributed by atoms with E-state index in [2.05, 4.69) is 35.0 Å². The molecule has 0 radical (unpaired) electrons. The van der Waals surface area contributed by atoms with Crippen molar-refractivity contribution in [3.05, 3.63) is 52.8 Å². The van der Waals surface area contributed by atoms with Gasteiger partial charge in [0.15, 0.2) is 0 Å². The van der Waals surface area contributed by atoms with Crippen LogP contribution >= 0.6 is 12.4 Å². The lowest BCUT2D eigenvalue weighted by Crippen LogP contribution is -2.41. The number of carbonyl (C=O) groups excluding carboxylic acids is 1. The highest BCUT2D eigenvalue weighted by Crippen LogP contribution is 2.32. The molecule has 1 fully saturated rings. The van der Waals surface area contributed by atoms with Gasteiger partial charge in [-0.1, -0.05) is 12.1 Å². The molecule has 3 rings (SSSR count). The molecule has 3 N–H and O–H groups in total. The van der Waals surface area contributed by atoms with Crippen molar-refractivity contribution in [3.63, 3.8) is 0 Å². The number of carbonyl (C=O) groups is 1. The van der Waals surface area contributed by atoms with Gasteiger partial charge in [-0.25, -0.2) is 0 Å². The fourth-order valence-corrected chi connectivity index (χ4v) is 3.27. The van der Waals surface area contributed by atoms with Crippen molar-refractivity contribution in [3.8, 4) is 5.69 Å². The Bertz CT molecular complexity index is 734. The minimum Gasteiger partial charge on any atom is -0.348 e. The number of aromatic nitrogens is 1. The first-order chi connectivity index (χ1) is 11.0. The first-order valence-corrected chi connectivity index (χ1v) is 8.28. The summed E-state index contributed by atoms with van der Waals surface area (Å²) < 4.78 is 2.14. The first kappa shape index (κ1) is 18.6. The van der Waals surface area contributed by atoms with E-state index in [-0.39, 0.29) is 24.4 Å². The van der Waals surface area contributed by atoms with E-state index in [1.54, 1.807) is 0 Å². The fourth-order valence-electron chi connectivity index (χ4n) is 3.27. The van der Waals surface area contributed by atoms with Crippen molar-refractivity contribution in [2.75, 3.05) is 6.54 Å². The third kappa shape index (κ3) is 3.65. The molecule has 1 amide bonds. The Morgan fingerprint density at radius 2 is 2.00 bits per heavy atom. The Labute approximate surface area is 149 Å². The monoisotopic (exact) mass is 347 g/mol. The van der Waals surface area contributed by atoms with Gasteiger partial charge in [0.25, 0.3) is 5.91 Å². The summed E-state index contributed by atoms with van der Waals surface area (Å²) in [5.74, 6) is 0.545. The van der Waals surface area contributed by atoms with Gasteiger partial charge in [0.1, 0.15) is 0 Å². The Morgan fingerprint density at radius 3 is 2.58 bits per heavy atom. The average molecular weight is 348 g/mol. The number of nitrogens with zero attached hydrogens (tertiary/aromatic N) is 1. The van der Waals surface area contributed by atoms with E-state index in [0.717, 1.165) is 22.6 Å². The van der Waals surface area contributed by atoms with Crippen LogP contribution in [0, 0.1) is 26.7 Å². The predicted molar refractivity (Wildman–Crippen MR) is 100 cm³/mol. The molecule has 130 valence electrons. The van der Waals surface area contributed by atoms with Crippen molar-refractivity contribution in [2.45, 2.75) is 39.7 Å². The van der Waals surface area contributed by atoms with Crippen molar-refractivity contribution >= 4 is 18.3 Å². The van der Waals surface area contributed by atoms with Crippen LogP contribution in [0.2, 0.25) is 0 Å². The van der Waals surface area contributed by atoms with Gasteiger partial charge in [0.05, 0.1) is 5.56 Å². The van der Waals surface area contributed by atoms with Crippen LogP contribution in [0.4, 0.5) is 0 Å². The van der Waals surface area contributed by atoms with Gasteiger partial charge < -0.3 is 15.6 Å². The van der Waals surface area contributed by atoms with Gasteiger partial charge >= 0.3 is 0 Å². The molecule has 0 saturated heterocycles. The van der Waals surface area contributed by atoms with Gasteiger partial charge in [-0.3, -0.25) is 4.79 Å². The largest absolute Gasteiger partial charge is 0.348 e. The van der Waals surface area contributed by atoms with Crippen LogP contribution < -0.4 is 11.1 Å². The molecular weight excluding hydrogens is 322 g/mol. The summed E-state index contributed by atoms with van der Waals surface area (Å²) in [5, 5.41) is 3.11. The number of hydrogen-bond donors (Lipinski definition) is 2. The van der Waals surface area contributed by atoms with Gasteiger partial charge in [-0.15, -0.1) is 12.4 Å². The molecule has 1 aliphatic rings. The topological polar surface area (TPSA) is 60.0 Å². The summed E-state index contributed by atoms with van der Waals surface area (Å²) in [6.07, 6.45) is 2.34. The highest BCUT2D eigenvalue weighted by atomic mass is 35.5. The summed E-state index contributed by atoms with van der Waals surface area (Å²) >= 11 is 0. The summed E-state index contributed by atoms with van der Waals surface area (Å²) in [5.41, 5.74) is 10.9. The number of hydrogen-bond acceptors (Lipinski definition) is 2. The summed E-state index contributed by atoms with van der Waals surface area (Å²) in [6.45, 7) is 6.62. The molecular formula is C19H26ClN3O. The molecule has 1 aromatic carbocycles. The number of halogens is 1. The zero-order chi connectivity index (χ0) is 16.6. The Kier molecular flexibility index (Phi) is 5.73. The van der Waals surface area contributed by atoms with Crippen molar-refractivity contribution in [2.24, 2.45) is 11.7 Å². The second kappa shape index (κ2) is 7.41. The fraction of sp³-hybridized carbons (Fsp3) is 0.421. The quantitative estimate of drug-likeness (QED) is 0.871. The van der Waals surface area contributed by atoms with Crippen LogP contribution in [0.25, 0.3) is 5.69 Å². The average Bonchev–Trinajstić information content (AvgIpc) is 3.30. The van der Waals surface area contributed by atoms with Gasteiger partial charge in [-0.05, 0) is 63.3 Å². The zero-order valence-corrected chi connectivity index (χ0v) is 15.3. The van der Waals surface area contributed by atoms with E-state index in [9.17, 15) is 4.79 Å². The molecule has 1 unspecified atom stereocenters. The van der Waals surface area contributed by atoms with Gasteiger partial charge in [0, 0.05) is 29.7 Å². The maximum atomic E-state index is 12.7. The Balaban J connectivity index is 0.00000208. The van der Waals surface area contributed by atoms with Crippen LogP contribution in [-0.2, 0) is 0 Å². The summed E-state index contributed by atoms with van der Waals surface area (Å²) in [6, 6.07) is 10.4. The molecule has 1 atom stereocenters. The molecule has 1 saturated carbocycles. The summed E-state index contributed by atoms with van der Waals surface area (Å²) in [4.78, 5) is 12.7. The Morgan fingerprint density at radius 1 is 1.29 bits per heavy atom. The number of nitrogens with two attached hydrogens (primary N) is 1. The maximum absolute atomic E-state index is 12.7. The van der Waals surface area contributed by atoms with E-state index in [1.807, 2.05) is 26.0 Å². The third-order valence-electron chi connectivity index (χ3n) is 4.70. The highest BCUT2D eigenvalue weighted by molar-refractivity contribution is 5.96. The van der Waals surface area contributed by atoms with E-state index in [4.69, 9.17) is 5.73 Å². The van der Waals surface area contributed by atoms with Crippen molar-refractivity contribution in [1.82, 2.24) is 9.88 Å². The standard InChI is InChI=1S/C19H25N3O.ClH/c1-12-5-4-6-16(9-12)22-13(2)10-17(14(22)3)19(23)21-18(11-20)15-7-8-15;/h4-6,9-10,15,18H,7-8,11,20H2,1-3H3,(H,21,23);1H. The second-order valence-corrected chi connectivity index (χ2v) is 6.61.